The summed E-state index contributed by atoms with van der Waals surface area (Å²) in [6.07, 6.45) is 7.74. The molecule has 0 heterocycles. The quantitative estimate of drug-likeness (QED) is 0.676. The molecule has 1 aliphatic rings. The summed E-state index contributed by atoms with van der Waals surface area (Å²) < 4.78 is 0. The van der Waals surface area contributed by atoms with Gasteiger partial charge in [-0.05, 0) is 45.6 Å². The van der Waals surface area contributed by atoms with Crippen LogP contribution in [0.2, 0.25) is 0 Å². The van der Waals surface area contributed by atoms with E-state index in [9.17, 15) is 4.79 Å². The second-order valence-corrected chi connectivity index (χ2v) is 4.46. The third-order valence-electron chi connectivity index (χ3n) is 2.75. The Morgan fingerprint density at radius 3 is 2.79 bits per heavy atom. The maximum atomic E-state index is 10.8. The van der Waals surface area contributed by atoms with E-state index in [1.54, 1.807) is 13.8 Å². The first-order valence-electron chi connectivity index (χ1n) is 5.16. The Kier molecular flexibility index (Phi) is 3.69. The molecule has 0 spiro atoms. The smallest absolute Gasteiger partial charge is 0.323 e. The van der Waals surface area contributed by atoms with Crippen molar-refractivity contribution >= 4 is 5.97 Å². The number of rotatable bonds is 4. The largest absolute Gasteiger partial charge is 0.480 e. The molecule has 3 heteroatoms. The second-order valence-electron chi connectivity index (χ2n) is 4.46. The van der Waals surface area contributed by atoms with Gasteiger partial charge in [0.2, 0.25) is 0 Å². The lowest BCUT2D eigenvalue weighted by Crippen LogP contribution is -2.48. The summed E-state index contributed by atoms with van der Waals surface area (Å²) in [7, 11) is 0. The van der Waals surface area contributed by atoms with E-state index in [2.05, 4.69) is 17.5 Å². The second kappa shape index (κ2) is 4.60. The number of carbonyl (C=O) groups is 1. The number of hydrogen-bond donors (Lipinski definition) is 2. The maximum absolute atomic E-state index is 10.8. The molecule has 0 fully saturated rings. The highest BCUT2D eigenvalue weighted by atomic mass is 16.4. The molecule has 0 saturated carbocycles. The lowest BCUT2D eigenvalue weighted by Gasteiger charge is -2.25. The van der Waals surface area contributed by atoms with Crippen molar-refractivity contribution < 1.29 is 9.90 Å². The summed E-state index contributed by atoms with van der Waals surface area (Å²) in [5, 5.41) is 12.0. The highest BCUT2D eigenvalue weighted by molar-refractivity contribution is 5.77. The summed E-state index contributed by atoms with van der Waals surface area (Å²) in [5.41, 5.74) is -0.804. The molecular weight excluding hydrogens is 178 g/mol. The number of carboxylic acids is 1. The predicted octanol–water partition coefficient (Wildman–Crippen LogP) is 1.80. The lowest BCUT2D eigenvalue weighted by atomic mass is 9.93. The molecule has 0 aliphatic heterocycles. The molecule has 0 amide bonds. The molecule has 1 unspecified atom stereocenters. The van der Waals surface area contributed by atoms with Gasteiger partial charge >= 0.3 is 5.97 Å². The summed E-state index contributed by atoms with van der Waals surface area (Å²) in [4.78, 5) is 10.8. The molecule has 14 heavy (non-hydrogen) atoms. The van der Waals surface area contributed by atoms with Crippen LogP contribution in [0.3, 0.4) is 0 Å². The van der Waals surface area contributed by atoms with Crippen LogP contribution in [0.1, 0.15) is 33.1 Å². The van der Waals surface area contributed by atoms with E-state index in [0.29, 0.717) is 5.92 Å². The third kappa shape index (κ3) is 3.14. The van der Waals surface area contributed by atoms with Crippen LogP contribution in [0.25, 0.3) is 0 Å². The average molecular weight is 197 g/mol. The number of hydrogen-bond acceptors (Lipinski definition) is 2. The van der Waals surface area contributed by atoms with Gasteiger partial charge in [-0.3, -0.25) is 4.79 Å². The number of allylic oxidation sites excluding steroid dienone is 2. The monoisotopic (exact) mass is 197 g/mol. The molecule has 0 aromatic carbocycles. The van der Waals surface area contributed by atoms with Crippen LogP contribution < -0.4 is 5.32 Å². The van der Waals surface area contributed by atoms with Gasteiger partial charge in [0.25, 0.3) is 0 Å². The molecule has 0 aromatic rings. The van der Waals surface area contributed by atoms with Gasteiger partial charge in [0.15, 0.2) is 0 Å². The van der Waals surface area contributed by atoms with E-state index in [-0.39, 0.29) is 0 Å². The van der Waals surface area contributed by atoms with E-state index in [1.165, 1.54) is 6.42 Å². The van der Waals surface area contributed by atoms with Crippen LogP contribution in [0, 0.1) is 5.92 Å². The standard InChI is InChI=1S/C11H19NO2/c1-11(2,10(13)14)12-8-9-6-4-3-5-7-9/h3-4,9,12H,5-8H2,1-2H3,(H,13,14). The van der Waals surface area contributed by atoms with Gasteiger partial charge in [-0.2, -0.15) is 0 Å². The van der Waals surface area contributed by atoms with Crippen LogP contribution in [0.4, 0.5) is 0 Å². The summed E-state index contributed by atoms with van der Waals surface area (Å²) in [6, 6.07) is 0. The Balaban J connectivity index is 2.32. The fraction of sp³-hybridized carbons (Fsp3) is 0.727. The van der Waals surface area contributed by atoms with E-state index in [4.69, 9.17) is 5.11 Å². The van der Waals surface area contributed by atoms with Crippen molar-refractivity contribution in [2.75, 3.05) is 6.54 Å². The van der Waals surface area contributed by atoms with Crippen molar-refractivity contribution in [1.82, 2.24) is 5.32 Å². The van der Waals surface area contributed by atoms with Crippen molar-refractivity contribution in [1.29, 1.82) is 0 Å². The zero-order valence-electron chi connectivity index (χ0n) is 8.92. The molecule has 1 aliphatic carbocycles. The van der Waals surface area contributed by atoms with E-state index in [1.807, 2.05) is 0 Å². The molecule has 0 bridgehead atoms. The first-order valence-corrected chi connectivity index (χ1v) is 5.16. The molecule has 0 radical (unpaired) electrons. The van der Waals surface area contributed by atoms with Crippen molar-refractivity contribution in [3.63, 3.8) is 0 Å². The highest BCUT2D eigenvalue weighted by Crippen LogP contribution is 2.18. The topological polar surface area (TPSA) is 49.3 Å². The first-order chi connectivity index (χ1) is 6.52. The number of nitrogens with one attached hydrogen (secondary N) is 1. The third-order valence-corrected chi connectivity index (χ3v) is 2.75. The first kappa shape index (κ1) is 11.2. The minimum Gasteiger partial charge on any atom is -0.480 e. The zero-order valence-corrected chi connectivity index (χ0v) is 8.92. The van der Waals surface area contributed by atoms with Gasteiger partial charge in [0.1, 0.15) is 5.54 Å². The lowest BCUT2D eigenvalue weighted by molar-refractivity contribution is -0.143. The van der Waals surface area contributed by atoms with Crippen molar-refractivity contribution in [3.05, 3.63) is 12.2 Å². The maximum Gasteiger partial charge on any atom is 0.323 e. The summed E-state index contributed by atoms with van der Waals surface area (Å²) >= 11 is 0. The van der Waals surface area contributed by atoms with E-state index >= 15 is 0 Å². The van der Waals surface area contributed by atoms with Gasteiger partial charge < -0.3 is 10.4 Å². The molecule has 1 rings (SSSR count). The van der Waals surface area contributed by atoms with E-state index < -0.39 is 11.5 Å². The molecule has 0 aromatic heterocycles. The highest BCUT2D eigenvalue weighted by Gasteiger charge is 2.27. The molecule has 80 valence electrons. The van der Waals surface area contributed by atoms with Gasteiger partial charge in [0.05, 0.1) is 0 Å². The average Bonchev–Trinajstić information content (AvgIpc) is 2.16. The van der Waals surface area contributed by atoms with Gasteiger partial charge in [-0.15, -0.1) is 0 Å². The fourth-order valence-corrected chi connectivity index (χ4v) is 1.52. The summed E-state index contributed by atoms with van der Waals surface area (Å²) in [5.74, 6) is -0.192. The van der Waals surface area contributed by atoms with Gasteiger partial charge in [-0.1, -0.05) is 12.2 Å². The normalized spacial score (nSPS) is 22.3. The van der Waals surface area contributed by atoms with Crippen LogP contribution in [-0.4, -0.2) is 23.2 Å². The molecule has 0 saturated heterocycles. The Hall–Kier alpha value is -0.830. The Morgan fingerprint density at radius 2 is 2.29 bits per heavy atom. The fourth-order valence-electron chi connectivity index (χ4n) is 1.52. The SMILES string of the molecule is CC(C)(NCC1CC=CCC1)C(=O)O. The number of carboxylic acid groups (broad SMARTS) is 1. The van der Waals surface area contributed by atoms with Crippen LogP contribution in [-0.2, 0) is 4.79 Å². The van der Waals surface area contributed by atoms with E-state index in [0.717, 1.165) is 19.4 Å². The van der Waals surface area contributed by atoms with Crippen molar-refractivity contribution in [3.8, 4) is 0 Å². The van der Waals surface area contributed by atoms with Gasteiger partial charge in [0, 0.05) is 0 Å². The Morgan fingerprint density at radius 1 is 1.57 bits per heavy atom. The van der Waals surface area contributed by atoms with Gasteiger partial charge in [-0.25, -0.2) is 0 Å². The molecule has 1 atom stereocenters. The molecule has 2 N–H and O–H groups in total. The zero-order chi connectivity index (χ0) is 10.6. The summed E-state index contributed by atoms with van der Waals surface area (Å²) in [6.45, 7) is 4.20. The van der Waals surface area contributed by atoms with Crippen LogP contribution in [0.5, 0.6) is 0 Å². The van der Waals surface area contributed by atoms with Crippen LogP contribution in [0.15, 0.2) is 12.2 Å². The molecular formula is C11H19NO2. The Labute approximate surface area is 85.2 Å². The predicted molar refractivity (Wildman–Crippen MR) is 56.2 cm³/mol. The van der Waals surface area contributed by atoms with Crippen molar-refractivity contribution in [2.45, 2.75) is 38.6 Å². The van der Waals surface area contributed by atoms with Crippen molar-refractivity contribution in [2.24, 2.45) is 5.92 Å². The minimum absolute atomic E-state index is 0.596. The Bertz CT molecular complexity index is 233. The number of aliphatic carboxylic acids is 1. The van der Waals surface area contributed by atoms with Crippen LogP contribution >= 0.6 is 0 Å². The minimum atomic E-state index is -0.804. The molecule has 3 nitrogen and oxygen atoms in total.